The Balaban J connectivity index is -0.0000000600. The van der Waals surface area contributed by atoms with Gasteiger partial charge >= 0.3 is 59.1 Å². The van der Waals surface area contributed by atoms with Crippen LogP contribution >= 0.6 is 0 Å². The second kappa shape index (κ2) is 19.6. The van der Waals surface area contributed by atoms with Crippen LogP contribution in [0.4, 0.5) is 0 Å². The van der Waals surface area contributed by atoms with E-state index in [1.165, 1.54) is 19.6 Å². The Kier molecular flexibility index (Phi) is 36.6. The van der Waals surface area contributed by atoms with E-state index in [1.54, 1.807) is 0 Å². The molecule has 0 fully saturated rings. The SMILES string of the molecule is CCN(CC)CC.O=S([O-])[O-].[Na+].[Na+]. The molecule has 0 unspecified atom stereocenters. The second-order valence-corrected chi connectivity index (χ2v) is 2.23. The molecule has 0 aliphatic carbocycles. The van der Waals surface area contributed by atoms with Crippen molar-refractivity contribution in [3.8, 4) is 0 Å². The number of nitrogens with zero attached hydrogens (tertiary/aromatic N) is 1. The first-order chi connectivity index (χ1) is 5.08. The monoisotopic (exact) mass is 227 g/mol. The van der Waals surface area contributed by atoms with E-state index in [9.17, 15) is 0 Å². The minimum atomic E-state index is -3.11. The van der Waals surface area contributed by atoms with Crippen molar-refractivity contribution in [2.45, 2.75) is 20.8 Å². The second-order valence-electron chi connectivity index (χ2n) is 1.82. The van der Waals surface area contributed by atoms with Crippen molar-refractivity contribution in [1.29, 1.82) is 0 Å². The molecule has 0 aromatic rings. The van der Waals surface area contributed by atoms with Gasteiger partial charge in [-0.3, -0.25) is 4.21 Å². The van der Waals surface area contributed by atoms with Crippen molar-refractivity contribution in [3.63, 3.8) is 0 Å². The summed E-state index contributed by atoms with van der Waals surface area (Å²) in [6.07, 6.45) is 0. The zero-order chi connectivity index (χ0) is 9.28. The van der Waals surface area contributed by atoms with Crippen LogP contribution in [0.25, 0.3) is 0 Å². The molecule has 0 heterocycles. The van der Waals surface area contributed by atoms with Crippen molar-refractivity contribution in [1.82, 2.24) is 4.90 Å². The van der Waals surface area contributed by atoms with E-state index in [-0.39, 0.29) is 59.1 Å². The molecule has 0 radical (unpaired) electrons. The van der Waals surface area contributed by atoms with Gasteiger partial charge in [0.1, 0.15) is 0 Å². The Morgan fingerprint density at radius 2 is 1.15 bits per heavy atom. The summed E-state index contributed by atoms with van der Waals surface area (Å²) >= 11 is -3.11. The van der Waals surface area contributed by atoms with Crippen LogP contribution in [0.3, 0.4) is 0 Å². The van der Waals surface area contributed by atoms with E-state index < -0.39 is 11.4 Å². The summed E-state index contributed by atoms with van der Waals surface area (Å²) in [5, 5.41) is 0. The molecule has 70 valence electrons. The summed E-state index contributed by atoms with van der Waals surface area (Å²) < 4.78 is 25.3. The molecular formula is C6H15NNa2O3S. The van der Waals surface area contributed by atoms with E-state index >= 15 is 0 Å². The average Bonchev–Trinajstić information content (AvgIpc) is 1.90. The van der Waals surface area contributed by atoms with Crippen molar-refractivity contribution in [3.05, 3.63) is 0 Å². The van der Waals surface area contributed by atoms with E-state index in [2.05, 4.69) is 25.7 Å². The maximum atomic E-state index is 8.44. The van der Waals surface area contributed by atoms with Crippen molar-refractivity contribution >= 4 is 11.4 Å². The molecule has 0 atom stereocenters. The number of hydrogen-bond donors (Lipinski definition) is 0. The van der Waals surface area contributed by atoms with Gasteiger partial charge in [-0.15, -0.1) is 11.4 Å². The van der Waals surface area contributed by atoms with Gasteiger partial charge in [0.05, 0.1) is 0 Å². The van der Waals surface area contributed by atoms with Gasteiger partial charge in [-0.1, -0.05) is 20.8 Å². The predicted octanol–water partition coefficient (Wildman–Crippen LogP) is -5.65. The van der Waals surface area contributed by atoms with Gasteiger partial charge in [0, 0.05) is 0 Å². The summed E-state index contributed by atoms with van der Waals surface area (Å²) in [5.74, 6) is 0. The fraction of sp³-hybridized carbons (Fsp3) is 1.00. The van der Waals surface area contributed by atoms with Gasteiger partial charge in [0.25, 0.3) is 0 Å². The third kappa shape index (κ3) is 31.5. The van der Waals surface area contributed by atoms with Crippen LogP contribution in [-0.4, -0.2) is 37.8 Å². The fourth-order valence-corrected chi connectivity index (χ4v) is 0.671. The summed E-state index contributed by atoms with van der Waals surface area (Å²) in [4.78, 5) is 2.38. The molecule has 0 aliphatic heterocycles. The van der Waals surface area contributed by atoms with Gasteiger partial charge in [0.15, 0.2) is 0 Å². The molecule has 0 saturated heterocycles. The average molecular weight is 227 g/mol. The molecule has 0 N–H and O–H groups in total. The van der Waals surface area contributed by atoms with Crippen LogP contribution in [0, 0.1) is 0 Å². The fourth-order valence-electron chi connectivity index (χ4n) is 0.671. The summed E-state index contributed by atoms with van der Waals surface area (Å²) in [6, 6.07) is 0. The predicted molar refractivity (Wildman–Crippen MR) is 43.2 cm³/mol. The van der Waals surface area contributed by atoms with E-state index in [0.29, 0.717) is 0 Å². The van der Waals surface area contributed by atoms with E-state index in [1.807, 2.05) is 0 Å². The minimum Gasteiger partial charge on any atom is -0.784 e. The Bertz CT molecular complexity index is 94.4. The van der Waals surface area contributed by atoms with Crippen LogP contribution in [0.2, 0.25) is 0 Å². The molecule has 0 aromatic heterocycles. The van der Waals surface area contributed by atoms with Crippen LogP contribution in [0.1, 0.15) is 20.8 Å². The molecule has 4 nitrogen and oxygen atoms in total. The largest absolute Gasteiger partial charge is 1.00 e. The molecule has 0 rings (SSSR count). The molecule has 0 bridgehead atoms. The van der Waals surface area contributed by atoms with Crippen molar-refractivity contribution in [2.24, 2.45) is 0 Å². The molecule has 0 saturated carbocycles. The smallest absolute Gasteiger partial charge is 0.784 e. The summed E-state index contributed by atoms with van der Waals surface area (Å²) in [7, 11) is 0. The Labute approximate surface area is 128 Å². The Morgan fingerprint density at radius 1 is 1.00 bits per heavy atom. The first kappa shape index (κ1) is 24.3. The Hall–Kier alpha value is 2.03. The van der Waals surface area contributed by atoms with Gasteiger partial charge in [-0.05, 0) is 19.6 Å². The molecule has 13 heavy (non-hydrogen) atoms. The quantitative estimate of drug-likeness (QED) is 0.356. The molecular weight excluding hydrogens is 212 g/mol. The third-order valence-electron chi connectivity index (χ3n) is 1.34. The molecule has 0 aromatic carbocycles. The molecule has 7 heteroatoms. The van der Waals surface area contributed by atoms with Gasteiger partial charge < -0.3 is 14.0 Å². The van der Waals surface area contributed by atoms with Crippen molar-refractivity contribution in [2.75, 3.05) is 19.6 Å². The van der Waals surface area contributed by atoms with E-state index in [0.717, 1.165) is 0 Å². The molecule has 0 spiro atoms. The maximum Gasteiger partial charge on any atom is 1.00 e. The van der Waals surface area contributed by atoms with Crippen LogP contribution in [0.15, 0.2) is 0 Å². The van der Waals surface area contributed by atoms with Gasteiger partial charge in [-0.25, -0.2) is 0 Å². The maximum absolute atomic E-state index is 8.44. The summed E-state index contributed by atoms with van der Waals surface area (Å²) in [6.45, 7) is 10.1. The summed E-state index contributed by atoms with van der Waals surface area (Å²) in [5.41, 5.74) is 0. The zero-order valence-electron chi connectivity index (χ0n) is 9.20. The molecule has 0 aliphatic rings. The van der Waals surface area contributed by atoms with Crippen LogP contribution in [-0.2, 0) is 11.4 Å². The van der Waals surface area contributed by atoms with Crippen LogP contribution in [0.5, 0.6) is 0 Å². The van der Waals surface area contributed by atoms with Gasteiger partial charge in [0.2, 0.25) is 0 Å². The third-order valence-corrected chi connectivity index (χ3v) is 1.34. The Morgan fingerprint density at radius 3 is 1.15 bits per heavy atom. The van der Waals surface area contributed by atoms with E-state index in [4.69, 9.17) is 13.3 Å². The first-order valence-electron chi connectivity index (χ1n) is 3.57. The van der Waals surface area contributed by atoms with Gasteiger partial charge in [-0.2, -0.15) is 0 Å². The number of hydrogen-bond acceptors (Lipinski definition) is 4. The topological polar surface area (TPSA) is 66.4 Å². The standard InChI is InChI=1S/C6H15N.2Na.H2O3S/c1-4-7(5-2)6-3;;;1-4(2)3/h4-6H2,1-3H3;;;(H2,1,2,3)/q;2*+1;/p-2. The van der Waals surface area contributed by atoms with Crippen LogP contribution < -0.4 is 59.1 Å². The normalized spacial score (nSPS) is 8.23. The first-order valence-corrected chi connectivity index (χ1v) is 4.57. The number of rotatable bonds is 3. The zero-order valence-corrected chi connectivity index (χ0v) is 14.0. The molecule has 0 amide bonds. The van der Waals surface area contributed by atoms with Crippen molar-refractivity contribution < 1.29 is 72.4 Å². The minimum absolute atomic E-state index is 0.